The number of carbonyl (C=O) groups is 2. The van der Waals surface area contributed by atoms with Gasteiger partial charge in [0.05, 0.1) is 21.2 Å². The van der Waals surface area contributed by atoms with E-state index in [1.165, 1.54) is 36.2 Å². The van der Waals surface area contributed by atoms with Crippen LogP contribution in [0, 0.1) is 6.92 Å². The molecule has 0 aromatic heterocycles. The molecule has 214 valence electrons. The molecule has 1 N–H and O–H groups in total. The molecule has 0 saturated carbocycles. The highest BCUT2D eigenvalue weighted by molar-refractivity contribution is 7.92. The smallest absolute Gasteiger partial charge is 0.357 e. The number of anilines is 1. The molecule has 0 spiro atoms. The molecule has 0 radical (unpaired) electrons. The van der Waals surface area contributed by atoms with Gasteiger partial charge in [-0.3, -0.25) is 13.9 Å². The monoisotopic (exact) mass is 595 g/mol. The number of sulfonamides is 1. The summed E-state index contributed by atoms with van der Waals surface area (Å²) in [5.41, 5.74) is -0.0516. The molecule has 0 unspecified atom stereocenters. The Morgan fingerprint density at radius 3 is 2.25 bits per heavy atom. The highest BCUT2D eigenvalue weighted by Crippen LogP contribution is 2.38. The van der Waals surface area contributed by atoms with Crippen LogP contribution < -0.4 is 9.62 Å². The van der Waals surface area contributed by atoms with Crippen molar-refractivity contribution in [2.24, 2.45) is 0 Å². The van der Waals surface area contributed by atoms with E-state index in [-0.39, 0.29) is 17.9 Å². The molecule has 0 bridgehead atoms. The number of aryl methyl sites for hydroxylation is 1. The van der Waals surface area contributed by atoms with Gasteiger partial charge >= 0.3 is 6.18 Å². The summed E-state index contributed by atoms with van der Waals surface area (Å²) in [4.78, 5) is 27.6. The van der Waals surface area contributed by atoms with Gasteiger partial charge in [0.1, 0.15) is 12.6 Å². The molecule has 0 heterocycles. The van der Waals surface area contributed by atoms with E-state index in [4.69, 9.17) is 11.6 Å². The van der Waals surface area contributed by atoms with E-state index in [1.54, 1.807) is 25.1 Å². The van der Waals surface area contributed by atoms with Crippen LogP contribution in [0.4, 0.5) is 18.9 Å². The second kappa shape index (κ2) is 12.7. The van der Waals surface area contributed by atoms with Gasteiger partial charge in [0.25, 0.3) is 10.0 Å². The van der Waals surface area contributed by atoms with Crippen LogP contribution in [0.1, 0.15) is 30.0 Å². The Kier molecular flexibility index (Phi) is 9.86. The van der Waals surface area contributed by atoms with Gasteiger partial charge in [0, 0.05) is 13.6 Å². The molecule has 0 fully saturated rings. The molecule has 1 atom stereocenters. The van der Waals surface area contributed by atoms with E-state index in [2.05, 4.69) is 5.32 Å². The second-order valence-electron chi connectivity index (χ2n) is 9.04. The van der Waals surface area contributed by atoms with Crippen molar-refractivity contribution in [3.05, 3.63) is 94.5 Å². The van der Waals surface area contributed by atoms with Crippen LogP contribution in [0.25, 0.3) is 0 Å². The van der Waals surface area contributed by atoms with Crippen molar-refractivity contribution >= 4 is 39.1 Å². The van der Waals surface area contributed by atoms with Crippen molar-refractivity contribution in [2.45, 2.75) is 43.9 Å². The molecule has 40 heavy (non-hydrogen) atoms. The number of hydrogen-bond acceptors (Lipinski definition) is 4. The van der Waals surface area contributed by atoms with Gasteiger partial charge in [0.2, 0.25) is 11.8 Å². The highest BCUT2D eigenvalue weighted by atomic mass is 35.5. The molecule has 12 heteroatoms. The van der Waals surface area contributed by atoms with E-state index in [1.807, 2.05) is 19.1 Å². The van der Waals surface area contributed by atoms with Crippen molar-refractivity contribution in [2.75, 3.05) is 17.9 Å². The van der Waals surface area contributed by atoms with Crippen molar-refractivity contribution < 1.29 is 31.2 Å². The summed E-state index contributed by atoms with van der Waals surface area (Å²) in [5, 5.41) is 1.90. The maximum atomic E-state index is 13.9. The average molecular weight is 596 g/mol. The molecule has 0 aliphatic carbocycles. The Morgan fingerprint density at radius 1 is 1.00 bits per heavy atom. The number of carbonyl (C=O) groups excluding carboxylic acids is 2. The van der Waals surface area contributed by atoms with E-state index in [0.29, 0.717) is 15.9 Å². The molecule has 2 amide bonds. The van der Waals surface area contributed by atoms with Gasteiger partial charge in [-0.1, -0.05) is 66.6 Å². The summed E-state index contributed by atoms with van der Waals surface area (Å²) < 4.78 is 69.1. The van der Waals surface area contributed by atoms with E-state index in [9.17, 15) is 31.2 Å². The SMILES string of the molecule is CC[C@@H](C(=O)NC)N(Cc1cccc(C)c1)C(=O)CN(c1ccc(Cl)c(C(F)(F)F)c1)S(=O)(=O)c1ccccc1. The molecule has 3 rings (SSSR count). The Bertz CT molecular complexity index is 1470. The third-order valence-corrected chi connectivity index (χ3v) is 8.34. The summed E-state index contributed by atoms with van der Waals surface area (Å²) in [6.07, 6.45) is -4.66. The van der Waals surface area contributed by atoms with Crippen LogP contribution in [0.15, 0.2) is 77.7 Å². The number of amides is 2. The van der Waals surface area contributed by atoms with Crippen molar-refractivity contribution in [3.63, 3.8) is 0 Å². The number of likely N-dealkylation sites (N-methyl/N-ethyl adjacent to an activating group) is 1. The lowest BCUT2D eigenvalue weighted by Crippen LogP contribution is -2.51. The zero-order valence-electron chi connectivity index (χ0n) is 22.1. The predicted molar refractivity (Wildman–Crippen MR) is 147 cm³/mol. The summed E-state index contributed by atoms with van der Waals surface area (Å²) >= 11 is 5.78. The number of benzene rings is 3. The van der Waals surface area contributed by atoms with E-state index >= 15 is 0 Å². The molecule has 0 aliphatic rings. The third kappa shape index (κ3) is 7.14. The topological polar surface area (TPSA) is 86.8 Å². The lowest BCUT2D eigenvalue weighted by Gasteiger charge is -2.33. The number of hydrogen-bond donors (Lipinski definition) is 1. The predicted octanol–water partition coefficient (Wildman–Crippen LogP) is 5.42. The second-order valence-corrected chi connectivity index (χ2v) is 11.3. The van der Waals surface area contributed by atoms with Crippen LogP contribution in [0.2, 0.25) is 5.02 Å². The first-order chi connectivity index (χ1) is 18.8. The van der Waals surface area contributed by atoms with Crippen molar-refractivity contribution in [3.8, 4) is 0 Å². The van der Waals surface area contributed by atoms with Crippen LogP contribution in [0.3, 0.4) is 0 Å². The normalized spacial score (nSPS) is 12.5. The minimum atomic E-state index is -4.87. The maximum absolute atomic E-state index is 13.9. The Balaban J connectivity index is 2.14. The Hall–Kier alpha value is -3.57. The Labute approximate surface area is 236 Å². The molecule has 7 nitrogen and oxygen atoms in total. The number of alkyl halides is 3. The molecule has 0 aliphatic heterocycles. The molecule has 0 saturated heterocycles. The first-order valence-corrected chi connectivity index (χ1v) is 14.1. The number of nitrogens with zero attached hydrogens (tertiary/aromatic N) is 2. The molecule has 3 aromatic carbocycles. The first-order valence-electron chi connectivity index (χ1n) is 12.3. The fourth-order valence-corrected chi connectivity index (χ4v) is 5.88. The van der Waals surface area contributed by atoms with Crippen LogP contribution in [-0.4, -0.2) is 44.8 Å². The number of rotatable bonds is 10. The number of nitrogens with one attached hydrogen (secondary N) is 1. The molecular formula is C28H29ClF3N3O4S. The summed E-state index contributed by atoms with van der Waals surface area (Å²) in [5.74, 6) is -1.24. The summed E-state index contributed by atoms with van der Waals surface area (Å²) in [7, 11) is -3.11. The van der Waals surface area contributed by atoms with Gasteiger partial charge in [0.15, 0.2) is 0 Å². The zero-order chi connectivity index (χ0) is 29.7. The minimum absolute atomic E-state index is 0.0277. The van der Waals surface area contributed by atoms with Gasteiger partial charge < -0.3 is 10.2 Å². The average Bonchev–Trinajstić information content (AvgIpc) is 2.91. The van der Waals surface area contributed by atoms with Crippen LogP contribution in [-0.2, 0) is 32.3 Å². The van der Waals surface area contributed by atoms with Crippen molar-refractivity contribution in [1.29, 1.82) is 0 Å². The standard InChI is InChI=1S/C28H29ClF3N3O4S/c1-4-25(27(37)33-3)34(17-20-10-8-9-19(2)15-20)26(36)18-35(40(38,39)22-11-6-5-7-12-22)21-13-14-24(29)23(16-21)28(30,31)32/h5-16,25H,4,17-18H2,1-3H3,(H,33,37)/t25-/m0/s1. The van der Waals surface area contributed by atoms with Crippen LogP contribution in [0.5, 0.6) is 0 Å². The zero-order valence-corrected chi connectivity index (χ0v) is 23.6. The van der Waals surface area contributed by atoms with Gasteiger partial charge in [-0.05, 0) is 49.2 Å². The van der Waals surface area contributed by atoms with Gasteiger partial charge in [-0.15, -0.1) is 0 Å². The van der Waals surface area contributed by atoms with Crippen LogP contribution >= 0.6 is 11.6 Å². The van der Waals surface area contributed by atoms with Crippen molar-refractivity contribution in [1.82, 2.24) is 10.2 Å². The van der Waals surface area contributed by atoms with E-state index in [0.717, 1.165) is 17.7 Å². The highest BCUT2D eigenvalue weighted by Gasteiger charge is 2.37. The fraction of sp³-hybridized carbons (Fsp3) is 0.286. The number of halogens is 4. The lowest BCUT2D eigenvalue weighted by atomic mass is 10.1. The largest absolute Gasteiger partial charge is 0.417 e. The maximum Gasteiger partial charge on any atom is 0.417 e. The molecule has 3 aromatic rings. The fourth-order valence-electron chi connectivity index (χ4n) is 4.23. The summed E-state index contributed by atoms with van der Waals surface area (Å²) in [6, 6.07) is 15.9. The van der Waals surface area contributed by atoms with E-state index < -0.39 is 56.9 Å². The van der Waals surface area contributed by atoms with Gasteiger partial charge in [-0.2, -0.15) is 13.2 Å². The summed E-state index contributed by atoms with van der Waals surface area (Å²) in [6.45, 7) is 2.66. The third-order valence-electron chi connectivity index (χ3n) is 6.22. The lowest BCUT2D eigenvalue weighted by molar-refractivity contribution is -0.140. The minimum Gasteiger partial charge on any atom is -0.357 e. The Morgan fingerprint density at radius 2 is 1.68 bits per heavy atom. The molecular weight excluding hydrogens is 567 g/mol. The quantitative estimate of drug-likeness (QED) is 0.339. The first kappa shape index (κ1) is 31.0. The van der Waals surface area contributed by atoms with Gasteiger partial charge in [-0.25, -0.2) is 8.42 Å².